The molecule has 0 radical (unpaired) electrons. The summed E-state index contributed by atoms with van der Waals surface area (Å²) in [6, 6.07) is 19.5. The molecule has 3 N–H and O–H groups in total. The average Bonchev–Trinajstić information content (AvgIpc) is 2.75. The minimum atomic E-state index is -3.80. The zero-order valence-corrected chi connectivity index (χ0v) is 18.1. The largest absolute Gasteiger partial charge is 0.325 e. The highest BCUT2D eigenvalue weighted by Crippen LogP contribution is 2.26. The van der Waals surface area contributed by atoms with E-state index in [1.54, 1.807) is 12.1 Å². The van der Waals surface area contributed by atoms with E-state index >= 15 is 0 Å². The number of rotatable bonds is 7. The van der Waals surface area contributed by atoms with E-state index in [4.69, 9.17) is 11.6 Å². The summed E-state index contributed by atoms with van der Waals surface area (Å²) in [5, 5.41) is 5.50. The monoisotopic (exact) mass is 457 g/mol. The van der Waals surface area contributed by atoms with Crippen LogP contribution >= 0.6 is 11.6 Å². The van der Waals surface area contributed by atoms with Gasteiger partial charge in [0.15, 0.2) is 0 Å². The third kappa shape index (κ3) is 6.14. The summed E-state index contributed by atoms with van der Waals surface area (Å²) in [4.78, 5) is 23.7. The van der Waals surface area contributed by atoms with Crippen LogP contribution in [0.15, 0.2) is 77.7 Å². The molecule has 0 saturated carbocycles. The minimum Gasteiger partial charge on any atom is -0.325 e. The van der Waals surface area contributed by atoms with Crippen LogP contribution in [0.3, 0.4) is 0 Å². The molecule has 0 spiro atoms. The van der Waals surface area contributed by atoms with Gasteiger partial charge in [-0.15, -0.1) is 0 Å². The molecule has 3 aromatic carbocycles. The van der Waals surface area contributed by atoms with Gasteiger partial charge >= 0.3 is 0 Å². The summed E-state index contributed by atoms with van der Waals surface area (Å²) < 4.78 is 27.8. The van der Waals surface area contributed by atoms with Gasteiger partial charge in [0.2, 0.25) is 15.9 Å². The van der Waals surface area contributed by atoms with E-state index in [1.165, 1.54) is 37.3 Å². The summed E-state index contributed by atoms with van der Waals surface area (Å²) in [5.74, 6) is -0.763. The number of hydrogen-bond donors (Lipinski definition) is 3. The molecule has 7 nitrogen and oxygen atoms in total. The van der Waals surface area contributed by atoms with E-state index < -0.39 is 15.9 Å². The van der Waals surface area contributed by atoms with Gasteiger partial charge in [0.25, 0.3) is 5.91 Å². The quantitative estimate of drug-likeness (QED) is 0.498. The SMILES string of the molecule is CC(=O)Nc1ccc(NC(=O)c2cccc(S(=O)(=O)NCc3ccccc3)c2)cc1Cl. The van der Waals surface area contributed by atoms with Gasteiger partial charge in [-0.25, -0.2) is 13.1 Å². The molecule has 2 amide bonds. The van der Waals surface area contributed by atoms with E-state index in [0.29, 0.717) is 11.4 Å². The Bertz CT molecular complexity index is 1210. The Labute approximate surface area is 185 Å². The number of anilines is 2. The molecule has 9 heteroatoms. The summed E-state index contributed by atoms with van der Waals surface area (Å²) in [6.45, 7) is 1.50. The highest BCUT2D eigenvalue weighted by atomic mass is 35.5. The number of nitrogens with one attached hydrogen (secondary N) is 3. The van der Waals surface area contributed by atoms with Crippen molar-refractivity contribution in [3.05, 3.63) is 88.9 Å². The van der Waals surface area contributed by atoms with Crippen LogP contribution in [0.25, 0.3) is 0 Å². The van der Waals surface area contributed by atoms with Gasteiger partial charge in [0.1, 0.15) is 0 Å². The van der Waals surface area contributed by atoms with Crippen molar-refractivity contribution in [2.45, 2.75) is 18.4 Å². The van der Waals surface area contributed by atoms with E-state index in [0.717, 1.165) is 5.56 Å². The fraction of sp³-hybridized carbons (Fsp3) is 0.0909. The molecular weight excluding hydrogens is 438 g/mol. The summed E-state index contributed by atoms with van der Waals surface area (Å²) in [5.41, 5.74) is 1.81. The van der Waals surface area contributed by atoms with Crippen molar-refractivity contribution < 1.29 is 18.0 Å². The molecular formula is C22H20ClN3O4S. The molecule has 0 saturated heterocycles. The number of benzene rings is 3. The molecule has 31 heavy (non-hydrogen) atoms. The predicted molar refractivity (Wildman–Crippen MR) is 121 cm³/mol. The molecule has 0 aromatic heterocycles. The molecule has 0 unspecified atom stereocenters. The Hall–Kier alpha value is -3.20. The van der Waals surface area contributed by atoms with Crippen molar-refractivity contribution in [2.24, 2.45) is 0 Å². The Morgan fingerprint density at radius 2 is 1.65 bits per heavy atom. The zero-order chi connectivity index (χ0) is 22.4. The lowest BCUT2D eigenvalue weighted by Crippen LogP contribution is -2.23. The van der Waals surface area contributed by atoms with E-state index in [2.05, 4.69) is 15.4 Å². The van der Waals surface area contributed by atoms with Crippen LogP contribution in [0.1, 0.15) is 22.8 Å². The lowest BCUT2D eigenvalue weighted by atomic mass is 10.2. The maximum absolute atomic E-state index is 12.6. The van der Waals surface area contributed by atoms with Crippen LogP contribution in [0.4, 0.5) is 11.4 Å². The van der Waals surface area contributed by atoms with Crippen molar-refractivity contribution >= 4 is 44.8 Å². The standard InChI is InChI=1S/C22H20ClN3O4S/c1-15(27)25-21-11-10-18(13-20(21)23)26-22(28)17-8-5-9-19(12-17)31(29,30)24-14-16-6-3-2-4-7-16/h2-13,24H,14H2,1H3,(H,25,27)(H,26,28). The lowest BCUT2D eigenvalue weighted by molar-refractivity contribution is -0.114. The molecule has 0 fully saturated rings. The topological polar surface area (TPSA) is 104 Å². The molecule has 0 heterocycles. The molecule has 0 bridgehead atoms. The average molecular weight is 458 g/mol. The number of carbonyl (C=O) groups excluding carboxylic acids is 2. The maximum Gasteiger partial charge on any atom is 0.255 e. The smallest absolute Gasteiger partial charge is 0.255 e. The fourth-order valence-electron chi connectivity index (χ4n) is 2.75. The first kappa shape index (κ1) is 22.5. The lowest BCUT2D eigenvalue weighted by Gasteiger charge is -2.11. The highest BCUT2D eigenvalue weighted by Gasteiger charge is 2.16. The van der Waals surface area contributed by atoms with Crippen LogP contribution in [0, 0.1) is 0 Å². The third-order valence-corrected chi connectivity index (χ3v) is 5.96. The minimum absolute atomic E-state index is 0.0184. The summed E-state index contributed by atoms with van der Waals surface area (Å²) >= 11 is 6.12. The predicted octanol–water partition coefficient (Wildman–Crippen LogP) is 4.03. The van der Waals surface area contributed by atoms with Gasteiger partial charge in [-0.3, -0.25) is 9.59 Å². The summed E-state index contributed by atoms with van der Waals surface area (Å²) in [7, 11) is -3.80. The Kier molecular flexibility index (Phi) is 7.06. The number of hydrogen-bond acceptors (Lipinski definition) is 4. The first-order chi connectivity index (χ1) is 14.7. The zero-order valence-electron chi connectivity index (χ0n) is 16.6. The van der Waals surface area contributed by atoms with Crippen LogP contribution in [-0.4, -0.2) is 20.2 Å². The van der Waals surface area contributed by atoms with Crippen molar-refractivity contribution in [1.82, 2.24) is 4.72 Å². The van der Waals surface area contributed by atoms with Crippen molar-refractivity contribution in [1.29, 1.82) is 0 Å². The number of sulfonamides is 1. The second-order valence-corrected chi connectivity index (χ2v) is 8.84. The second kappa shape index (κ2) is 9.74. The maximum atomic E-state index is 12.6. The Balaban J connectivity index is 1.72. The highest BCUT2D eigenvalue weighted by molar-refractivity contribution is 7.89. The first-order valence-electron chi connectivity index (χ1n) is 9.27. The number of halogens is 1. The molecule has 3 aromatic rings. The van der Waals surface area contributed by atoms with Crippen molar-refractivity contribution in [3.8, 4) is 0 Å². The molecule has 0 aliphatic heterocycles. The van der Waals surface area contributed by atoms with Gasteiger partial charge in [-0.2, -0.15) is 0 Å². The molecule has 0 aliphatic rings. The Morgan fingerprint density at radius 1 is 0.903 bits per heavy atom. The van der Waals surface area contributed by atoms with Gasteiger partial charge < -0.3 is 10.6 Å². The van der Waals surface area contributed by atoms with Crippen LogP contribution in [-0.2, 0) is 21.4 Å². The van der Waals surface area contributed by atoms with Gasteiger partial charge in [0, 0.05) is 24.7 Å². The fourth-order valence-corrected chi connectivity index (χ4v) is 4.04. The van der Waals surface area contributed by atoms with E-state index in [-0.39, 0.29) is 27.9 Å². The molecule has 3 rings (SSSR count). The third-order valence-electron chi connectivity index (χ3n) is 4.25. The molecule has 160 valence electrons. The van der Waals surface area contributed by atoms with E-state index in [9.17, 15) is 18.0 Å². The molecule has 0 aliphatic carbocycles. The van der Waals surface area contributed by atoms with Gasteiger partial charge in [-0.05, 0) is 42.0 Å². The number of amides is 2. The number of carbonyl (C=O) groups is 2. The van der Waals surface area contributed by atoms with E-state index in [1.807, 2.05) is 30.3 Å². The van der Waals surface area contributed by atoms with Crippen LogP contribution < -0.4 is 15.4 Å². The normalized spacial score (nSPS) is 11.0. The Morgan fingerprint density at radius 3 is 2.32 bits per heavy atom. The van der Waals surface area contributed by atoms with Crippen LogP contribution in [0.5, 0.6) is 0 Å². The second-order valence-electron chi connectivity index (χ2n) is 6.67. The van der Waals surface area contributed by atoms with Gasteiger partial charge in [-0.1, -0.05) is 48.0 Å². The van der Waals surface area contributed by atoms with Crippen molar-refractivity contribution in [3.63, 3.8) is 0 Å². The first-order valence-corrected chi connectivity index (χ1v) is 11.1. The summed E-state index contributed by atoms with van der Waals surface area (Å²) in [6.07, 6.45) is 0. The van der Waals surface area contributed by atoms with Crippen LogP contribution in [0.2, 0.25) is 5.02 Å². The molecule has 0 atom stereocenters. The van der Waals surface area contributed by atoms with Crippen molar-refractivity contribution in [2.75, 3.05) is 10.6 Å². The van der Waals surface area contributed by atoms with Gasteiger partial charge in [0.05, 0.1) is 15.6 Å².